The second-order valence-electron chi connectivity index (χ2n) is 9.27. The standard InChI is InChI=1S/C25H30Cl2N4O7S/c1-16(25(33)28-17-7-4-5-8-17)29(14-19-20(26)9-6-10-21(19)27)24(32)15-30(39(3,36)37)22-13-18(31(34)35)11-12-23(22)38-2/h6,9-13,16-17H,4-5,7-8,14-15H2,1-3H3,(H,28,33). The van der Waals surface area contributed by atoms with Gasteiger partial charge in [0.25, 0.3) is 5.69 Å². The van der Waals surface area contributed by atoms with Crippen molar-refractivity contribution < 1.29 is 27.7 Å². The molecule has 212 valence electrons. The Bertz CT molecular complexity index is 1330. The van der Waals surface area contributed by atoms with Crippen LogP contribution in [-0.2, 0) is 26.2 Å². The van der Waals surface area contributed by atoms with E-state index in [1.807, 2.05) is 0 Å². The highest BCUT2D eigenvalue weighted by molar-refractivity contribution is 7.92. The average Bonchev–Trinajstić information content (AvgIpc) is 3.38. The monoisotopic (exact) mass is 600 g/mol. The lowest BCUT2D eigenvalue weighted by Crippen LogP contribution is -2.52. The minimum Gasteiger partial charge on any atom is -0.495 e. The van der Waals surface area contributed by atoms with Gasteiger partial charge in [-0.25, -0.2) is 8.42 Å². The summed E-state index contributed by atoms with van der Waals surface area (Å²) in [6.07, 6.45) is 4.51. The maximum Gasteiger partial charge on any atom is 0.271 e. The van der Waals surface area contributed by atoms with Crippen LogP contribution >= 0.6 is 23.2 Å². The number of nitrogens with one attached hydrogen (secondary N) is 1. The lowest BCUT2D eigenvalue weighted by atomic mass is 10.1. The predicted octanol–water partition coefficient (Wildman–Crippen LogP) is 4.15. The number of hydrogen-bond donors (Lipinski definition) is 1. The molecule has 39 heavy (non-hydrogen) atoms. The number of nitro groups is 1. The van der Waals surface area contributed by atoms with Crippen LogP contribution in [0.3, 0.4) is 0 Å². The molecule has 1 N–H and O–H groups in total. The molecule has 0 aliphatic heterocycles. The maximum absolute atomic E-state index is 13.8. The highest BCUT2D eigenvalue weighted by Gasteiger charge is 2.33. The molecule has 0 aromatic heterocycles. The number of amides is 2. The van der Waals surface area contributed by atoms with Crippen LogP contribution in [0.1, 0.15) is 38.2 Å². The number of benzene rings is 2. The number of ether oxygens (including phenoxy) is 1. The number of nitrogens with zero attached hydrogens (tertiary/aromatic N) is 3. The molecule has 1 unspecified atom stereocenters. The molecule has 1 saturated carbocycles. The molecule has 1 aliphatic rings. The van der Waals surface area contributed by atoms with E-state index in [1.54, 1.807) is 18.2 Å². The molecule has 1 fully saturated rings. The summed E-state index contributed by atoms with van der Waals surface area (Å²) in [4.78, 5) is 38.8. The zero-order valence-corrected chi connectivity index (χ0v) is 24.1. The molecule has 2 amide bonds. The third-order valence-electron chi connectivity index (χ3n) is 6.58. The van der Waals surface area contributed by atoms with Gasteiger partial charge in [-0.3, -0.25) is 24.0 Å². The van der Waals surface area contributed by atoms with Gasteiger partial charge in [-0.05, 0) is 38.0 Å². The Kier molecular flexibility index (Phi) is 10.0. The van der Waals surface area contributed by atoms with Gasteiger partial charge in [-0.2, -0.15) is 0 Å². The summed E-state index contributed by atoms with van der Waals surface area (Å²) in [6, 6.07) is 7.20. The molecule has 11 nitrogen and oxygen atoms in total. The van der Waals surface area contributed by atoms with E-state index in [0.717, 1.165) is 44.1 Å². The molecule has 0 saturated heterocycles. The number of carbonyl (C=O) groups is 2. The summed E-state index contributed by atoms with van der Waals surface area (Å²) < 4.78 is 31.6. The highest BCUT2D eigenvalue weighted by Crippen LogP contribution is 2.34. The van der Waals surface area contributed by atoms with Crippen LogP contribution in [0, 0.1) is 10.1 Å². The highest BCUT2D eigenvalue weighted by atomic mass is 35.5. The molecular weight excluding hydrogens is 571 g/mol. The lowest BCUT2D eigenvalue weighted by molar-refractivity contribution is -0.384. The molecule has 2 aromatic carbocycles. The summed E-state index contributed by atoms with van der Waals surface area (Å²) in [5.74, 6) is -1.15. The van der Waals surface area contributed by atoms with Crippen LogP contribution in [0.4, 0.5) is 11.4 Å². The van der Waals surface area contributed by atoms with Crippen molar-refractivity contribution in [3.63, 3.8) is 0 Å². The van der Waals surface area contributed by atoms with E-state index in [1.165, 1.54) is 25.0 Å². The van der Waals surface area contributed by atoms with Gasteiger partial charge in [0.15, 0.2) is 0 Å². The van der Waals surface area contributed by atoms with E-state index in [-0.39, 0.29) is 34.1 Å². The first-order valence-electron chi connectivity index (χ1n) is 12.2. The number of nitro benzene ring substituents is 1. The minimum absolute atomic E-state index is 0.00606. The van der Waals surface area contributed by atoms with Crippen molar-refractivity contribution in [1.29, 1.82) is 0 Å². The van der Waals surface area contributed by atoms with E-state index in [4.69, 9.17) is 27.9 Å². The average molecular weight is 602 g/mol. The van der Waals surface area contributed by atoms with Gasteiger partial charge in [0.05, 0.1) is 18.3 Å². The van der Waals surface area contributed by atoms with Crippen LogP contribution in [0.5, 0.6) is 5.75 Å². The van der Waals surface area contributed by atoms with Gasteiger partial charge < -0.3 is 15.0 Å². The lowest BCUT2D eigenvalue weighted by Gasteiger charge is -2.32. The number of halogens is 2. The SMILES string of the molecule is COc1ccc([N+](=O)[O-])cc1N(CC(=O)N(Cc1c(Cl)cccc1Cl)C(C)C(=O)NC1CCCC1)S(C)(=O)=O. The number of hydrogen-bond acceptors (Lipinski definition) is 7. The Morgan fingerprint density at radius 1 is 1.18 bits per heavy atom. The van der Waals surface area contributed by atoms with Gasteiger partial charge in [-0.1, -0.05) is 42.1 Å². The molecule has 0 spiro atoms. The van der Waals surface area contributed by atoms with Crippen LogP contribution in [0.25, 0.3) is 0 Å². The van der Waals surface area contributed by atoms with Crippen LogP contribution in [-0.4, -0.2) is 62.0 Å². The van der Waals surface area contributed by atoms with Crippen LogP contribution in [0.2, 0.25) is 10.0 Å². The summed E-state index contributed by atoms with van der Waals surface area (Å²) in [7, 11) is -2.87. The minimum atomic E-state index is -4.14. The first kappa shape index (κ1) is 30.5. The Morgan fingerprint density at radius 2 is 1.79 bits per heavy atom. The van der Waals surface area contributed by atoms with Crippen LogP contribution in [0.15, 0.2) is 36.4 Å². The van der Waals surface area contributed by atoms with Crippen LogP contribution < -0.4 is 14.4 Å². The summed E-state index contributed by atoms with van der Waals surface area (Å²) in [5, 5.41) is 14.9. The van der Waals surface area contributed by atoms with Gasteiger partial charge in [0.2, 0.25) is 21.8 Å². The fourth-order valence-corrected chi connectivity index (χ4v) is 5.77. The third kappa shape index (κ3) is 7.52. The number of rotatable bonds is 11. The maximum atomic E-state index is 13.8. The number of anilines is 1. The topological polar surface area (TPSA) is 139 Å². The molecule has 0 radical (unpaired) electrons. The second-order valence-corrected chi connectivity index (χ2v) is 12.0. The number of methoxy groups -OCH3 is 1. The molecule has 0 heterocycles. The Morgan fingerprint density at radius 3 is 2.33 bits per heavy atom. The van der Waals surface area contributed by atoms with E-state index in [2.05, 4.69) is 5.32 Å². The van der Waals surface area contributed by atoms with Crippen molar-refractivity contribution in [3.05, 3.63) is 62.1 Å². The quantitative estimate of drug-likeness (QED) is 0.302. The summed E-state index contributed by atoms with van der Waals surface area (Å²) in [6.45, 7) is 0.589. The Labute approximate surface area is 237 Å². The van der Waals surface area contributed by atoms with E-state index >= 15 is 0 Å². The molecule has 3 rings (SSSR count). The van der Waals surface area contributed by atoms with Gasteiger partial charge in [-0.15, -0.1) is 0 Å². The molecule has 1 aliphatic carbocycles. The largest absolute Gasteiger partial charge is 0.495 e. The molecular formula is C25H30Cl2N4O7S. The predicted molar refractivity (Wildman–Crippen MR) is 149 cm³/mol. The smallest absolute Gasteiger partial charge is 0.271 e. The summed E-state index contributed by atoms with van der Waals surface area (Å²) in [5.41, 5.74) is -0.203. The Hall–Kier alpha value is -3.09. The molecule has 2 aromatic rings. The fraction of sp³-hybridized carbons (Fsp3) is 0.440. The number of non-ortho nitro benzene ring substituents is 1. The zero-order chi connectivity index (χ0) is 28.9. The van der Waals surface area contributed by atoms with E-state index < -0.39 is 45.0 Å². The van der Waals surface area contributed by atoms with E-state index in [9.17, 15) is 28.1 Å². The Balaban J connectivity index is 2.01. The van der Waals surface area contributed by atoms with Crippen molar-refractivity contribution >= 4 is 56.4 Å². The van der Waals surface area contributed by atoms with Gasteiger partial charge in [0.1, 0.15) is 24.0 Å². The first-order valence-corrected chi connectivity index (χ1v) is 14.8. The first-order chi connectivity index (χ1) is 18.3. The summed E-state index contributed by atoms with van der Waals surface area (Å²) >= 11 is 12.7. The fourth-order valence-electron chi connectivity index (χ4n) is 4.41. The van der Waals surface area contributed by atoms with Gasteiger partial charge in [0, 0.05) is 40.3 Å². The zero-order valence-electron chi connectivity index (χ0n) is 21.7. The van der Waals surface area contributed by atoms with Crippen molar-refractivity contribution in [2.24, 2.45) is 0 Å². The molecule has 14 heteroatoms. The third-order valence-corrected chi connectivity index (χ3v) is 8.41. The van der Waals surface area contributed by atoms with Gasteiger partial charge >= 0.3 is 0 Å². The van der Waals surface area contributed by atoms with E-state index in [0.29, 0.717) is 9.87 Å². The second kappa shape index (κ2) is 12.8. The van der Waals surface area contributed by atoms with Crippen molar-refractivity contribution in [2.75, 3.05) is 24.2 Å². The molecule has 1 atom stereocenters. The van der Waals surface area contributed by atoms with Crippen molar-refractivity contribution in [3.8, 4) is 5.75 Å². The van der Waals surface area contributed by atoms with Crippen molar-refractivity contribution in [1.82, 2.24) is 10.2 Å². The number of sulfonamides is 1. The number of carbonyl (C=O) groups excluding carboxylic acids is 2. The molecule has 0 bridgehead atoms. The normalized spacial score (nSPS) is 14.5. The van der Waals surface area contributed by atoms with Crippen molar-refractivity contribution in [2.45, 2.75) is 51.2 Å².